The van der Waals surface area contributed by atoms with Crippen LogP contribution in [0.2, 0.25) is 0 Å². The van der Waals surface area contributed by atoms with Gasteiger partial charge >= 0.3 is 0 Å². The van der Waals surface area contributed by atoms with Crippen molar-refractivity contribution in [3.63, 3.8) is 0 Å². The summed E-state index contributed by atoms with van der Waals surface area (Å²) in [4.78, 5) is 24.5. The Morgan fingerprint density at radius 3 is 2.43 bits per heavy atom. The topological polar surface area (TPSA) is 88.0 Å². The third kappa shape index (κ3) is 3.68. The number of aromatic hydroxyl groups is 1. The van der Waals surface area contributed by atoms with Crippen LogP contribution in [0.15, 0.2) is 61.2 Å². The van der Waals surface area contributed by atoms with E-state index in [4.69, 9.17) is 0 Å². The summed E-state index contributed by atoms with van der Waals surface area (Å²) < 4.78 is 0. The molecule has 23 heavy (non-hydrogen) atoms. The minimum atomic E-state index is -0.254. The number of phenols is 1. The predicted octanol–water partition coefficient (Wildman–Crippen LogP) is 2.17. The van der Waals surface area contributed by atoms with Crippen LogP contribution in [0.1, 0.15) is 15.9 Å². The van der Waals surface area contributed by atoms with E-state index < -0.39 is 0 Å². The van der Waals surface area contributed by atoms with E-state index in [2.05, 4.69) is 20.3 Å². The van der Waals surface area contributed by atoms with Crippen molar-refractivity contribution in [2.75, 3.05) is 0 Å². The van der Waals surface area contributed by atoms with Crippen LogP contribution in [0.25, 0.3) is 11.4 Å². The molecule has 0 aliphatic heterocycles. The van der Waals surface area contributed by atoms with Gasteiger partial charge in [-0.05, 0) is 29.8 Å². The van der Waals surface area contributed by atoms with E-state index in [0.717, 1.165) is 11.1 Å². The van der Waals surface area contributed by atoms with Gasteiger partial charge in [-0.25, -0.2) is 9.97 Å². The Balaban J connectivity index is 1.65. The van der Waals surface area contributed by atoms with Crippen molar-refractivity contribution < 1.29 is 9.90 Å². The van der Waals surface area contributed by atoms with E-state index in [9.17, 15) is 9.90 Å². The number of benzene rings is 1. The molecule has 1 aromatic carbocycles. The van der Waals surface area contributed by atoms with E-state index in [0.29, 0.717) is 17.9 Å². The number of phenolic OH excluding ortho intramolecular Hbond substituents is 1. The minimum Gasteiger partial charge on any atom is -0.508 e. The molecule has 2 heterocycles. The first-order valence-electron chi connectivity index (χ1n) is 7.01. The smallest absolute Gasteiger partial charge is 0.254 e. The van der Waals surface area contributed by atoms with Crippen LogP contribution < -0.4 is 5.32 Å². The Kier molecular flexibility index (Phi) is 4.24. The summed E-state index contributed by atoms with van der Waals surface area (Å²) in [7, 11) is 0. The Morgan fingerprint density at radius 2 is 1.78 bits per heavy atom. The molecule has 2 aromatic heterocycles. The van der Waals surface area contributed by atoms with E-state index in [-0.39, 0.29) is 11.7 Å². The van der Waals surface area contributed by atoms with Crippen LogP contribution in [-0.2, 0) is 6.54 Å². The second-order valence-electron chi connectivity index (χ2n) is 4.89. The van der Waals surface area contributed by atoms with Gasteiger partial charge in [0.1, 0.15) is 5.75 Å². The second kappa shape index (κ2) is 6.65. The average molecular weight is 306 g/mol. The fraction of sp³-hybridized carbons (Fsp3) is 0.0588. The molecule has 1 amide bonds. The van der Waals surface area contributed by atoms with Gasteiger partial charge in [0.2, 0.25) is 0 Å². The number of nitrogens with zero attached hydrogens (tertiary/aromatic N) is 3. The summed E-state index contributed by atoms with van der Waals surface area (Å²) in [5, 5.41) is 12.0. The molecule has 0 fully saturated rings. The van der Waals surface area contributed by atoms with E-state index in [1.165, 1.54) is 12.4 Å². The zero-order valence-corrected chi connectivity index (χ0v) is 12.2. The lowest BCUT2D eigenvalue weighted by Gasteiger charge is -2.06. The molecule has 0 atom stereocenters. The van der Waals surface area contributed by atoms with Crippen LogP contribution in [0.3, 0.4) is 0 Å². The van der Waals surface area contributed by atoms with Gasteiger partial charge in [-0.3, -0.25) is 9.78 Å². The highest BCUT2D eigenvalue weighted by Gasteiger charge is 2.08. The van der Waals surface area contributed by atoms with Crippen molar-refractivity contribution in [1.29, 1.82) is 0 Å². The number of hydrogen-bond donors (Lipinski definition) is 2. The van der Waals surface area contributed by atoms with E-state index >= 15 is 0 Å². The van der Waals surface area contributed by atoms with Crippen LogP contribution >= 0.6 is 0 Å². The fourth-order valence-electron chi connectivity index (χ4n) is 1.99. The Labute approximate surface area is 132 Å². The molecule has 6 heteroatoms. The number of carbonyl (C=O) groups is 1. The van der Waals surface area contributed by atoms with Gasteiger partial charge in [-0.2, -0.15) is 0 Å². The Bertz CT molecular complexity index is 787. The number of carbonyl (C=O) groups excluding carboxylic acids is 1. The highest BCUT2D eigenvalue weighted by Crippen LogP contribution is 2.12. The summed E-state index contributed by atoms with van der Waals surface area (Å²) in [5.41, 5.74) is 2.07. The van der Waals surface area contributed by atoms with Crippen LogP contribution in [0.5, 0.6) is 5.75 Å². The fourth-order valence-corrected chi connectivity index (χ4v) is 1.99. The maximum Gasteiger partial charge on any atom is 0.254 e. The molecule has 114 valence electrons. The Morgan fingerprint density at radius 1 is 1.04 bits per heavy atom. The molecule has 0 unspecified atom stereocenters. The summed E-state index contributed by atoms with van der Waals surface area (Å²) >= 11 is 0. The highest BCUT2D eigenvalue weighted by atomic mass is 16.3. The van der Waals surface area contributed by atoms with Crippen molar-refractivity contribution in [2.24, 2.45) is 0 Å². The molecular weight excluding hydrogens is 292 g/mol. The summed E-state index contributed by atoms with van der Waals surface area (Å²) in [5.74, 6) is 0.462. The zero-order chi connectivity index (χ0) is 16.1. The number of nitrogens with one attached hydrogen (secondary N) is 1. The molecule has 3 aromatic rings. The van der Waals surface area contributed by atoms with Gasteiger partial charge in [0.15, 0.2) is 5.82 Å². The maximum absolute atomic E-state index is 12.1. The van der Waals surface area contributed by atoms with Crippen LogP contribution in [0.4, 0.5) is 0 Å². The summed E-state index contributed by atoms with van der Waals surface area (Å²) in [6.45, 7) is 0.365. The molecule has 6 nitrogen and oxygen atoms in total. The predicted molar refractivity (Wildman–Crippen MR) is 84.5 cm³/mol. The van der Waals surface area contributed by atoms with Crippen molar-refractivity contribution in [1.82, 2.24) is 20.3 Å². The number of pyridine rings is 1. The molecule has 0 saturated carbocycles. The lowest BCUT2D eigenvalue weighted by Crippen LogP contribution is -2.23. The molecular formula is C17H14N4O2. The van der Waals surface area contributed by atoms with Gasteiger partial charge in [0.05, 0.1) is 5.56 Å². The van der Waals surface area contributed by atoms with Gasteiger partial charge in [0.25, 0.3) is 5.91 Å². The monoisotopic (exact) mass is 306 g/mol. The molecule has 0 radical (unpaired) electrons. The zero-order valence-electron chi connectivity index (χ0n) is 12.2. The normalized spacial score (nSPS) is 10.3. The second-order valence-corrected chi connectivity index (χ2v) is 4.89. The quantitative estimate of drug-likeness (QED) is 0.771. The third-order valence-electron chi connectivity index (χ3n) is 3.22. The number of aromatic nitrogens is 3. The summed E-state index contributed by atoms with van der Waals surface area (Å²) in [6.07, 6.45) is 6.32. The van der Waals surface area contributed by atoms with Crippen molar-refractivity contribution >= 4 is 5.91 Å². The molecule has 0 bridgehead atoms. The molecule has 3 rings (SSSR count). The van der Waals surface area contributed by atoms with Gasteiger partial charge in [0, 0.05) is 36.9 Å². The van der Waals surface area contributed by atoms with Crippen molar-refractivity contribution in [3.05, 3.63) is 72.3 Å². The molecule has 0 aliphatic rings. The maximum atomic E-state index is 12.1. The van der Waals surface area contributed by atoms with Gasteiger partial charge in [-0.15, -0.1) is 0 Å². The van der Waals surface area contributed by atoms with Crippen molar-refractivity contribution in [2.45, 2.75) is 6.54 Å². The molecule has 0 aliphatic carbocycles. The van der Waals surface area contributed by atoms with Gasteiger partial charge in [-0.1, -0.05) is 12.1 Å². The third-order valence-corrected chi connectivity index (χ3v) is 3.22. The van der Waals surface area contributed by atoms with Crippen molar-refractivity contribution in [3.8, 4) is 17.1 Å². The largest absolute Gasteiger partial charge is 0.508 e. The molecule has 0 saturated heterocycles. The standard InChI is InChI=1S/C17H14N4O2/c22-15-5-3-12(4-6-15)8-21-17(23)14-10-19-16(20-11-14)13-2-1-7-18-9-13/h1-7,9-11,22H,8H2,(H,21,23). The van der Waals surface area contributed by atoms with E-state index in [1.807, 2.05) is 6.07 Å². The first-order chi connectivity index (χ1) is 11.2. The first kappa shape index (κ1) is 14.6. The average Bonchev–Trinajstić information content (AvgIpc) is 2.62. The summed E-state index contributed by atoms with van der Waals surface area (Å²) in [6, 6.07) is 10.3. The first-order valence-corrected chi connectivity index (χ1v) is 7.01. The highest BCUT2D eigenvalue weighted by molar-refractivity contribution is 5.93. The van der Waals surface area contributed by atoms with Crippen LogP contribution in [0, 0.1) is 0 Å². The SMILES string of the molecule is O=C(NCc1ccc(O)cc1)c1cnc(-c2cccnc2)nc1. The Hall–Kier alpha value is -3.28. The molecule has 2 N–H and O–H groups in total. The van der Waals surface area contributed by atoms with E-state index in [1.54, 1.807) is 42.7 Å². The lowest BCUT2D eigenvalue weighted by molar-refractivity contribution is 0.0950. The number of hydrogen-bond acceptors (Lipinski definition) is 5. The number of amides is 1. The lowest BCUT2D eigenvalue weighted by atomic mass is 10.2. The number of rotatable bonds is 4. The minimum absolute atomic E-state index is 0.194. The van der Waals surface area contributed by atoms with Gasteiger partial charge < -0.3 is 10.4 Å². The van der Waals surface area contributed by atoms with Crippen LogP contribution in [-0.4, -0.2) is 26.0 Å². The molecule has 0 spiro atoms.